The molecular weight excluding hydrogens is 541 g/mol. The number of carbonyl (C=O) groups excluding carboxylic acids is 2. The number of amides is 2. The summed E-state index contributed by atoms with van der Waals surface area (Å²) in [6, 6.07) is 21.4. The topological polar surface area (TPSA) is 86.8 Å². The Labute approximate surface area is 242 Å². The number of halogens is 1. The molecule has 0 bridgehead atoms. The molecule has 0 saturated heterocycles. The Kier molecular flexibility index (Phi) is 10.2. The van der Waals surface area contributed by atoms with Crippen molar-refractivity contribution in [2.45, 2.75) is 64.1 Å². The number of hydrogen-bond acceptors (Lipinski definition) is 4. The smallest absolute Gasteiger partial charge is 0.244 e. The molecule has 2 amide bonds. The van der Waals surface area contributed by atoms with Crippen molar-refractivity contribution in [3.05, 3.63) is 101 Å². The zero-order valence-corrected chi connectivity index (χ0v) is 24.4. The average molecular weight is 580 g/mol. The highest BCUT2D eigenvalue weighted by atomic mass is 32.2. The largest absolute Gasteiger partial charge is 0.352 e. The van der Waals surface area contributed by atoms with E-state index in [2.05, 4.69) is 5.32 Å². The molecule has 41 heavy (non-hydrogen) atoms. The van der Waals surface area contributed by atoms with Crippen molar-refractivity contribution in [1.82, 2.24) is 10.2 Å². The minimum atomic E-state index is -3.95. The molecule has 1 N–H and O–H groups in total. The highest BCUT2D eigenvalue weighted by molar-refractivity contribution is 7.92. The first-order chi connectivity index (χ1) is 19.6. The minimum Gasteiger partial charge on any atom is -0.352 e. The third-order valence-electron chi connectivity index (χ3n) is 7.60. The third-order valence-corrected chi connectivity index (χ3v) is 8.74. The quantitative estimate of drug-likeness (QED) is 0.347. The molecular formula is C32H38FN3O4S. The van der Waals surface area contributed by atoms with Crippen molar-refractivity contribution < 1.29 is 22.4 Å². The van der Waals surface area contributed by atoms with E-state index >= 15 is 0 Å². The zero-order chi connectivity index (χ0) is 29.4. The number of anilines is 1. The number of rotatable bonds is 11. The maximum Gasteiger partial charge on any atom is 0.244 e. The van der Waals surface area contributed by atoms with E-state index in [0.717, 1.165) is 65.4 Å². The molecule has 1 aliphatic carbocycles. The van der Waals surface area contributed by atoms with Gasteiger partial charge in [-0.15, -0.1) is 0 Å². The first kappa shape index (κ1) is 30.2. The average Bonchev–Trinajstić information content (AvgIpc) is 2.95. The van der Waals surface area contributed by atoms with Crippen LogP contribution in [0.4, 0.5) is 10.1 Å². The lowest BCUT2D eigenvalue weighted by molar-refractivity contribution is -0.140. The zero-order valence-electron chi connectivity index (χ0n) is 23.6. The van der Waals surface area contributed by atoms with E-state index in [1.807, 2.05) is 61.5 Å². The lowest BCUT2D eigenvalue weighted by Gasteiger charge is -2.35. The lowest BCUT2D eigenvalue weighted by atomic mass is 9.94. The van der Waals surface area contributed by atoms with Crippen LogP contribution in [0, 0.1) is 12.7 Å². The first-order valence-corrected chi connectivity index (χ1v) is 15.9. The highest BCUT2D eigenvalue weighted by Crippen LogP contribution is 2.23. The molecule has 3 aromatic carbocycles. The summed E-state index contributed by atoms with van der Waals surface area (Å²) in [7, 11) is -3.95. The van der Waals surface area contributed by atoms with Crippen LogP contribution in [0.1, 0.15) is 48.8 Å². The fourth-order valence-electron chi connectivity index (χ4n) is 5.31. The van der Waals surface area contributed by atoms with Crippen LogP contribution in [0.15, 0.2) is 78.9 Å². The molecule has 1 aliphatic rings. The van der Waals surface area contributed by atoms with E-state index in [9.17, 15) is 22.4 Å². The molecule has 0 unspecified atom stereocenters. The second-order valence-corrected chi connectivity index (χ2v) is 12.7. The molecule has 7 nitrogen and oxygen atoms in total. The first-order valence-electron chi connectivity index (χ1n) is 14.0. The van der Waals surface area contributed by atoms with Crippen LogP contribution in [0.2, 0.25) is 0 Å². The number of carbonyl (C=O) groups is 2. The van der Waals surface area contributed by atoms with Gasteiger partial charge in [0.25, 0.3) is 0 Å². The molecule has 0 aliphatic heterocycles. The van der Waals surface area contributed by atoms with Crippen molar-refractivity contribution in [1.29, 1.82) is 0 Å². The predicted octanol–water partition coefficient (Wildman–Crippen LogP) is 4.99. The highest BCUT2D eigenvalue weighted by Gasteiger charge is 2.34. The second kappa shape index (κ2) is 13.8. The summed E-state index contributed by atoms with van der Waals surface area (Å²) in [6.45, 7) is 1.47. The molecule has 0 spiro atoms. The number of hydrogen-bond donors (Lipinski definition) is 1. The lowest BCUT2D eigenvalue weighted by Crippen LogP contribution is -2.55. The van der Waals surface area contributed by atoms with Crippen molar-refractivity contribution in [3.8, 4) is 0 Å². The maximum absolute atomic E-state index is 14.1. The van der Waals surface area contributed by atoms with Gasteiger partial charge in [-0.3, -0.25) is 13.9 Å². The van der Waals surface area contributed by atoms with E-state index < -0.39 is 34.3 Å². The SMILES string of the molecule is Cc1ccccc1CN(C(=O)CN(c1cccc(F)c1)S(C)(=O)=O)[C@H](Cc1ccccc1)C(=O)NC1CCCCC1. The van der Waals surface area contributed by atoms with Gasteiger partial charge in [-0.1, -0.05) is 79.9 Å². The van der Waals surface area contributed by atoms with E-state index in [-0.39, 0.29) is 30.6 Å². The Bertz CT molecular complexity index is 1440. The molecule has 4 rings (SSSR count). The Balaban J connectivity index is 1.73. The normalized spacial score (nSPS) is 14.7. The summed E-state index contributed by atoms with van der Waals surface area (Å²) < 4.78 is 40.6. The van der Waals surface area contributed by atoms with Gasteiger partial charge in [-0.25, -0.2) is 12.8 Å². The van der Waals surface area contributed by atoms with Crippen LogP contribution in [0.25, 0.3) is 0 Å². The molecule has 0 aromatic heterocycles. The number of sulfonamides is 1. The van der Waals surface area contributed by atoms with Gasteiger partial charge in [0.1, 0.15) is 18.4 Å². The van der Waals surface area contributed by atoms with Crippen molar-refractivity contribution >= 4 is 27.5 Å². The molecule has 0 heterocycles. The van der Waals surface area contributed by atoms with Gasteiger partial charge in [-0.2, -0.15) is 0 Å². The van der Waals surface area contributed by atoms with Crippen LogP contribution < -0.4 is 9.62 Å². The van der Waals surface area contributed by atoms with Crippen molar-refractivity contribution in [2.24, 2.45) is 0 Å². The van der Waals surface area contributed by atoms with E-state index in [1.165, 1.54) is 23.1 Å². The Morgan fingerprint density at radius 3 is 2.29 bits per heavy atom. The molecule has 1 fully saturated rings. The summed E-state index contributed by atoms with van der Waals surface area (Å²) in [5.41, 5.74) is 2.72. The molecule has 1 saturated carbocycles. The molecule has 218 valence electrons. The van der Waals surface area contributed by atoms with Gasteiger partial charge < -0.3 is 10.2 Å². The van der Waals surface area contributed by atoms with Gasteiger partial charge in [0, 0.05) is 19.0 Å². The Hall–Kier alpha value is -3.72. The van der Waals surface area contributed by atoms with Crippen molar-refractivity contribution in [3.63, 3.8) is 0 Å². The summed E-state index contributed by atoms with van der Waals surface area (Å²) in [6.07, 6.45) is 6.23. The Morgan fingerprint density at radius 2 is 1.63 bits per heavy atom. The molecule has 3 aromatic rings. The fraction of sp³-hybridized carbons (Fsp3) is 0.375. The summed E-state index contributed by atoms with van der Waals surface area (Å²) in [5, 5.41) is 3.18. The van der Waals surface area contributed by atoms with Crippen molar-refractivity contribution in [2.75, 3.05) is 17.1 Å². The van der Waals surface area contributed by atoms with Crippen LogP contribution in [-0.2, 0) is 32.6 Å². The van der Waals surface area contributed by atoms with Gasteiger partial charge in [0.15, 0.2) is 0 Å². The van der Waals surface area contributed by atoms with Crippen LogP contribution in [-0.4, -0.2) is 50.0 Å². The van der Waals surface area contributed by atoms with Gasteiger partial charge in [-0.05, 0) is 54.7 Å². The predicted molar refractivity (Wildman–Crippen MR) is 159 cm³/mol. The molecule has 9 heteroatoms. The van der Waals surface area contributed by atoms with Crippen LogP contribution in [0.3, 0.4) is 0 Å². The minimum absolute atomic E-state index is 0.0322. The third kappa shape index (κ3) is 8.39. The number of benzene rings is 3. The number of nitrogens with one attached hydrogen (secondary N) is 1. The van der Waals surface area contributed by atoms with E-state index in [4.69, 9.17) is 0 Å². The van der Waals surface area contributed by atoms with E-state index in [0.29, 0.717) is 0 Å². The van der Waals surface area contributed by atoms with Gasteiger partial charge >= 0.3 is 0 Å². The summed E-state index contributed by atoms with van der Waals surface area (Å²) in [4.78, 5) is 29.6. The second-order valence-electron chi connectivity index (χ2n) is 10.7. The summed E-state index contributed by atoms with van der Waals surface area (Å²) in [5.74, 6) is -1.43. The van der Waals surface area contributed by atoms with Crippen LogP contribution in [0.5, 0.6) is 0 Å². The van der Waals surface area contributed by atoms with Gasteiger partial charge in [0.05, 0.1) is 11.9 Å². The maximum atomic E-state index is 14.1. The number of nitrogens with zero attached hydrogens (tertiary/aromatic N) is 2. The van der Waals surface area contributed by atoms with E-state index in [1.54, 1.807) is 0 Å². The monoisotopic (exact) mass is 579 g/mol. The fourth-order valence-corrected chi connectivity index (χ4v) is 6.16. The molecule has 0 radical (unpaired) electrons. The Morgan fingerprint density at radius 1 is 0.951 bits per heavy atom. The number of aryl methyl sites for hydroxylation is 1. The van der Waals surface area contributed by atoms with Crippen LogP contribution >= 0.6 is 0 Å². The van der Waals surface area contributed by atoms with Gasteiger partial charge in [0.2, 0.25) is 21.8 Å². The molecule has 1 atom stereocenters. The summed E-state index contributed by atoms with van der Waals surface area (Å²) >= 11 is 0. The standard InChI is InChI=1S/C32H38FN3O4S/c1-24-12-9-10-15-26(24)22-35(31(37)23-36(41(2,39)40)29-19-11-16-27(33)21-29)30(20-25-13-5-3-6-14-25)32(38)34-28-17-7-4-8-18-28/h3,5-6,9-16,19,21,28,30H,4,7-8,17-18,20,22-23H2,1-2H3,(H,34,38)/t30-/m1/s1.